The van der Waals surface area contributed by atoms with Gasteiger partial charge in [-0.2, -0.15) is 0 Å². The third-order valence-corrected chi connectivity index (χ3v) is 1.01. The molecule has 0 heterocycles. The van der Waals surface area contributed by atoms with Crippen molar-refractivity contribution in [3.8, 4) is 0 Å². The van der Waals surface area contributed by atoms with Crippen LogP contribution in [0.1, 0.15) is 0 Å². The zero-order chi connectivity index (χ0) is 12.7. The van der Waals surface area contributed by atoms with Gasteiger partial charge < -0.3 is 37.1 Å². The maximum atomic E-state index is 10.1. The van der Waals surface area contributed by atoms with Gasteiger partial charge in [0, 0.05) is 0 Å². The van der Waals surface area contributed by atoms with Gasteiger partial charge in [0.25, 0.3) is 0 Å². The number of thiol groups is 1. The third-order valence-electron chi connectivity index (χ3n) is 1.01. The van der Waals surface area contributed by atoms with E-state index in [1.54, 1.807) is 0 Å². The van der Waals surface area contributed by atoms with Gasteiger partial charge in [0.15, 0.2) is 0 Å². The van der Waals surface area contributed by atoms with Crippen LogP contribution in [0.3, 0.4) is 0 Å². The second kappa shape index (κ2) is 9.47. The molecular weight excluding hydrogens is 295 g/mol. The van der Waals surface area contributed by atoms with Crippen molar-refractivity contribution in [2.24, 2.45) is 5.73 Å². The fraction of sp³-hybridized carbons (Fsp3) is 0.833. The zero-order valence-electron chi connectivity index (χ0n) is 9.33. The van der Waals surface area contributed by atoms with Crippen LogP contribution in [-0.2, 0) is 16.5 Å². The fourth-order valence-corrected chi connectivity index (χ4v) is 0.420. The van der Waals surface area contributed by atoms with Crippen molar-refractivity contribution >= 4 is 35.8 Å². The highest BCUT2D eigenvalue weighted by atomic mass is 35.5. The second-order valence-corrected chi connectivity index (χ2v) is 8.73. The Kier molecular flexibility index (Phi) is 12.8. The molecule has 0 saturated heterocycles. The molecule has 10 heteroatoms. The molecule has 0 aromatic carbocycles. The van der Waals surface area contributed by atoms with Crippen molar-refractivity contribution in [2.45, 2.75) is 0 Å². The van der Waals surface area contributed by atoms with E-state index in [4.69, 9.17) is 15.5 Å². The SMILES string of the molecule is C[N+](C)(C)CCOC(N)=O.OP(O)(=S)S.[Cl-]. The topological polar surface area (TPSA) is 92.8 Å². The summed E-state index contributed by atoms with van der Waals surface area (Å²) in [7, 11) is 6.05. The van der Waals surface area contributed by atoms with Gasteiger partial charge in [-0.3, -0.25) is 0 Å². The Labute approximate surface area is 112 Å². The normalized spacial score (nSPS) is 10.6. The number of nitrogens with zero attached hydrogens (tertiary/aromatic N) is 1. The third kappa shape index (κ3) is 47.1. The summed E-state index contributed by atoms with van der Waals surface area (Å²) in [4.78, 5) is 25.8. The number of likely N-dealkylation sites (N-methyl/N-ethyl adjacent to an activating group) is 1. The van der Waals surface area contributed by atoms with E-state index in [0.29, 0.717) is 6.61 Å². The number of nitrogens with two attached hydrogens (primary N) is 1. The van der Waals surface area contributed by atoms with Crippen LogP contribution in [-0.4, -0.2) is 54.7 Å². The summed E-state index contributed by atoms with van der Waals surface area (Å²) in [5, 5.41) is 0. The molecule has 100 valence electrons. The first-order valence-electron chi connectivity index (χ1n) is 3.93. The summed E-state index contributed by atoms with van der Waals surface area (Å²) in [6, 6.07) is 0. The molecule has 0 aromatic heterocycles. The predicted octanol–water partition coefficient (Wildman–Crippen LogP) is -3.08. The molecule has 4 N–H and O–H groups in total. The zero-order valence-corrected chi connectivity index (χ0v) is 12.7. The molecule has 0 radical (unpaired) electrons. The molecule has 0 unspecified atom stereocenters. The van der Waals surface area contributed by atoms with Crippen molar-refractivity contribution in [3.05, 3.63) is 0 Å². The maximum absolute atomic E-state index is 10.1. The van der Waals surface area contributed by atoms with Crippen LogP contribution in [0.2, 0.25) is 0 Å². The van der Waals surface area contributed by atoms with E-state index in [0.717, 1.165) is 11.0 Å². The van der Waals surface area contributed by atoms with Gasteiger partial charge >= 0.3 is 6.09 Å². The lowest BCUT2D eigenvalue weighted by Gasteiger charge is -2.22. The molecule has 0 rings (SSSR count). The number of hydrogen-bond donors (Lipinski definition) is 4. The van der Waals surface area contributed by atoms with Crippen LogP contribution in [0.25, 0.3) is 0 Å². The summed E-state index contributed by atoms with van der Waals surface area (Å²) >= 11 is 7.07. The first-order valence-corrected chi connectivity index (χ1v) is 7.79. The minimum Gasteiger partial charge on any atom is -1.00 e. The summed E-state index contributed by atoms with van der Waals surface area (Å²) in [6.07, 6.45) is -0.701. The number of halogens is 1. The molecule has 6 nitrogen and oxygen atoms in total. The van der Waals surface area contributed by atoms with E-state index in [1.165, 1.54) is 0 Å². The number of quaternary nitrogens is 1. The number of rotatable bonds is 3. The molecule has 0 saturated carbocycles. The molecule has 1 amide bonds. The standard InChI is InChI=1S/C6H14N2O2.ClH.H3O2PS2/c1-8(2,3)4-5-10-6(7)9;;1-3(2,4)5/h4-5H2,1-3H3,(H-,7,9);1H;(H3,1,2,4,5). The Balaban J connectivity index is -0.000000242. The molecular formula is C6H18ClN2O4PS2. The van der Waals surface area contributed by atoms with Gasteiger partial charge in [-0.15, -0.1) is 0 Å². The Morgan fingerprint density at radius 1 is 1.50 bits per heavy atom. The lowest BCUT2D eigenvalue weighted by molar-refractivity contribution is -0.870. The Hall–Kier alpha value is 0.440. The predicted molar refractivity (Wildman–Crippen MR) is 66.1 cm³/mol. The van der Waals surface area contributed by atoms with Crippen molar-refractivity contribution in [2.75, 3.05) is 34.3 Å². The number of primary amides is 1. The van der Waals surface area contributed by atoms with Crippen LogP contribution in [0.5, 0.6) is 0 Å². The Morgan fingerprint density at radius 2 is 1.81 bits per heavy atom. The molecule has 0 aliphatic rings. The first kappa shape index (κ1) is 21.7. The van der Waals surface area contributed by atoms with Crippen molar-refractivity contribution < 1.29 is 36.2 Å². The molecule has 16 heavy (non-hydrogen) atoms. The molecule has 0 atom stereocenters. The summed E-state index contributed by atoms with van der Waals surface area (Å²) in [6.45, 7) is 1.17. The Bertz CT molecular complexity index is 235. The largest absolute Gasteiger partial charge is 1.00 e. The maximum Gasteiger partial charge on any atom is 0.404 e. The second-order valence-electron chi connectivity index (χ2n) is 3.69. The first-order chi connectivity index (χ1) is 6.42. The van der Waals surface area contributed by atoms with Gasteiger partial charge in [-0.1, -0.05) is 12.2 Å². The minimum atomic E-state index is -3.11. The van der Waals surface area contributed by atoms with E-state index in [2.05, 4.69) is 28.8 Å². The molecule has 0 aliphatic heterocycles. The lowest BCUT2D eigenvalue weighted by atomic mass is 10.5. The average Bonchev–Trinajstić information content (AvgIpc) is 1.77. The lowest BCUT2D eigenvalue weighted by Crippen LogP contribution is -3.00. The fourth-order valence-electron chi connectivity index (χ4n) is 0.420. The van der Waals surface area contributed by atoms with Gasteiger partial charge in [0.05, 0.1) is 21.1 Å². The molecule has 0 spiro atoms. The summed E-state index contributed by atoms with van der Waals surface area (Å²) in [5.74, 6) is 0. The highest BCUT2D eigenvalue weighted by Crippen LogP contribution is 2.39. The van der Waals surface area contributed by atoms with Crippen LogP contribution < -0.4 is 18.1 Å². The van der Waals surface area contributed by atoms with Gasteiger partial charge in [0.1, 0.15) is 13.2 Å². The quantitative estimate of drug-likeness (QED) is 0.252. The van der Waals surface area contributed by atoms with Crippen molar-refractivity contribution in [3.63, 3.8) is 0 Å². The van der Waals surface area contributed by atoms with E-state index >= 15 is 0 Å². The van der Waals surface area contributed by atoms with E-state index in [1.807, 2.05) is 21.1 Å². The average molecular weight is 313 g/mol. The minimum absolute atomic E-state index is 0. The van der Waals surface area contributed by atoms with E-state index < -0.39 is 11.8 Å². The number of ether oxygens (including phenoxy) is 1. The summed E-state index contributed by atoms with van der Waals surface area (Å²) < 4.78 is 5.31. The van der Waals surface area contributed by atoms with Gasteiger partial charge in [-0.25, -0.2) is 4.79 Å². The molecule has 0 bridgehead atoms. The summed E-state index contributed by atoms with van der Waals surface area (Å²) in [5.41, 5.74) is 1.64. The number of carbonyl (C=O) groups excluding carboxylic acids is 1. The number of amides is 1. The number of carbonyl (C=O) groups is 1. The smallest absolute Gasteiger partial charge is 0.404 e. The highest BCUT2D eigenvalue weighted by Gasteiger charge is 2.06. The molecule has 0 aromatic rings. The molecule has 0 aliphatic carbocycles. The molecule has 0 fully saturated rings. The Morgan fingerprint density at radius 3 is 2.00 bits per heavy atom. The van der Waals surface area contributed by atoms with Crippen LogP contribution in [0.4, 0.5) is 4.79 Å². The van der Waals surface area contributed by atoms with Gasteiger partial charge in [-0.05, 0) is 11.8 Å². The van der Waals surface area contributed by atoms with Crippen molar-refractivity contribution in [1.29, 1.82) is 0 Å². The van der Waals surface area contributed by atoms with Crippen LogP contribution in [0, 0.1) is 0 Å². The van der Waals surface area contributed by atoms with Crippen LogP contribution in [0.15, 0.2) is 0 Å². The van der Waals surface area contributed by atoms with E-state index in [9.17, 15) is 4.79 Å². The van der Waals surface area contributed by atoms with Crippen molar-refractivity contribution in [1.82, 2.24) is 0 Å². The number of hydrogen-bond acceptors (Lipinski definition) is 3. The van der Waals surface area contributed by atoms with Crippen LogP contribution >= 0.6 is 17.9 Å². The monoisotopic (exact) mass is 312 g/mol. The van der Waals surface area contributed by atoms with E-state index in [-0.39, 0.29) is 12.4 Å². The van der Waals surface area contributed by atoms with Gasteiger partial charge in [0.2, 0.25) is 5.69 Å². The highest BCUT2D eigenvalue weighted by molar-refractivity contribution is 8.59.